The Balaban J connectivity index is 2.06. The molecule has 1 aliphatic rings. The van der Waals surface area contributed by atoms with Gasteiger partial charge in [-0.3, -0.25) is 4.79 Å². The van der Waals surface area contributed by atoms with Gasteiger partial charge in [0.05, 0.1) is 12.2 Å². The topological polar surface area (TPSA) is 52.3 Å². The van der Waals surface area contributed by atoms with Gasteiger partial charge in [0.2, 0.25) is 0 Å². The second-order valence-electron chi connectivity index (χ2n) is 6.37. The van der Waals surface area contributed by atoms with Crippen molar-refractivity contribution in [3.05, 3.63) is 29.3 Å². The highest BCUT2D eigenvalue weighted by atomic mass is 16.5. The molecular formula is C17H25NO2. The first-order valence-corrected chi connectivity index (χ1v) is 7.51. The number of carbonyl (C=O) groups is 1. The number of hydrogen-bond donors (Lipinski definition) is 1. The van der Waals surface area contributed by atoms with E-state index in [2.05, 4.69) is 19.9 Å². The molecule has 2 rings (SSSR count). The molecule has 0 amide bonds. The largest absolute Gasteiger partial charge is 0.493 e. The average Bonchev–Trinajstić information content (AvgIpc) is 2.44. The van der Waals surface area contributed by atoms with Crippen LogP contribution in [0.5, 0.6) is 5.75 Å². The monoisotopic (exact) mass is 275 g/mol. The summed E-state index contributed by atoms with van der Waals surface area (Å²) >= 11 is 0. The van der Waals surface area contributed by atoms with Crippen LogP contribution >= 0.6 is 0 Å². The minimum absolute atomic E-state index is 0.125. The Morgan fingerprint density at radius 3 is 2.90 bits per heavy atom. The predicted molar refractivity (Wildman–Crippen MR) is 81.3 cm³/mol. The molecule has 3 heteroatoms. The van der Waals surface area contributed by atoms with E-state index in [1.54, 1.807) is 0 Å². The molecule has 0 unspecified atom stereocenters. The number of benzene rings is 1. The summed E-state index contributed by atoms with van der Waals surface area (Å²) in [5.74, 6) is 1.01. The van der Waals surface area contributed by atoms with Crippen molar-refractivity contribution in [2.45, 2.75) is 46.0 Å². The molecule has 1 aromatic rings. The molecule has 1 heterocycles. The Labute approximate surface area is 121 Å². The first-order chi connectivity index (χ1) is 9.53. The number of Topliss-reactive ketones (excluding diaryl/α,β-unsaturated/α-hetero) is 1. The van der Waals surface area contributed by atoms with Crippen molar-refractivity contribution in [1.29, 1.82) is 0 Å². The maximum absolute atomic E-state index is 12.5. The molecule has 0 aromatic heterocycles. The lowest BCUT2D eigenvalue weighted by atomic mass is 9.83. The van der Waals surface area contributed by atoms with Crippen molar-refractivity contribution in [2.24, 2.45) is 11.1 Å². The quantitative estimate of drug-likeness (QED) is 0.810. The van der Waals surface area contributed by atoms with Gasteiger partial charge in [-0.2, -0.15) is 0 Å². The van der Waals surface area contributed by atoms with Crippen LogP contribution in [-0.4, -0.2) is 18.9 Å². The lowest BCUT2D eigenvalue weighted by Crippen LogP contribution is -2.19. The lowest BCUT2D eigenvalue weighted by Gasteiger charge is -2.24. The Kier molecular flexibility index (Phi) is 4.81. The van der Waals surface area contributed by atoms with Crippen molar-refractivity contribution in [3.63, 3.8) is 0 Å². The zero-order valence-corrected chi connectivity index (χ0v) is 12.6. The summed E-state index contributed by atoms with van der Waals surface area (Å²) in [6.07, 6.45) is 4.42. The number of carbonyl (C=O) groups excluding carboxylic acids is 1. The molecule has 2 N–H and O–H groups in total. The van der Waals surface area contributed by atoms with Crippen LogP contribution in [0.4, 0.5) is 0 Å². The van der Waals surface area contributed by atoms with E-state index in [1.165, 1.54) is 5.56 Å². The van der Waals surface area contributed by atoms with E-state index in [-0.39, 0.29) is 11.2 Å². The fraction of sp³-hybridized carbons (Fsp3) is 0.588. The molecule has 20 heavy (non-hydrogen) atoms. The summed E-state index contributed by atoms with van der Waals surface area (Å²) in [6, 6.07) is 5.91. The maximum Gasteiger partial charge on any atom is 0.166 e. The van der Waals surface area contributed by atoms with Crippen LogP contribution in [0.25, 0.3) is 0 Å². The van der Waals surface area contributed by atoms with Crippen LogP contribution < -0.4 is 10.5 Å². The fourth-order valence-electron chi connectivity index (χ4n) is 2.71. The molecule has 0 radical (unpaired) electrons. The Bertz CT molecular complexity index is 480. The lowest BCUT2D eigenvalue weighted by molar-refractivity contribution is 0.0956. The third-order valence-electron chi connectivity index (χ3n) is 4.08. The number of rotatable bonds is 6. The van der Waals surface area contributed by atoms with Crippen LogP contribution in [-0.2, 0) is 6.42 Å². The van der Waals surface area contributed by atoms with Gasteiger partial charge in [-0.1, -0.05) is 26.0 Å². The van der Waals surface area contributed by atoms with Crippen molar-refractivity contribution in [3.8, 4) is 5.75 Å². The molecule has 0 atom stereocenters. The molecule has 0 bridgehead atoms. The van der Waals surface area contributed by atoms with Crippen molar-refractivity contribution < 1.29 is 9.53 Å². The summed E-state index contributed by atoms with van der Waals surface area (Å²) in [5, 5.41) is 0. The normalized spacial score (nSPS) is 14.6. The molecule has 0 saturated carbocycles. The number of hydrogen-bond acceptors (Lipinski definition) is 3. The fourth-order valence-corrected chi connectivity index (χ4v) is 2.71. The molecular weight excluding hydrogens is 250 g/mol. The van der Waals surface area contributed by atoms with E-state index in [0.717, 1.165) is 43.6 Å². The van der Waals surface area contributed by atoms with E-state index < -0.39 is 0 Å². The summed E-state index contributed by atoms with van der Waals surface area (Å²) in [4.78, 5) is 12.5. The van der Waals surface area contributed by atoms with Gasteiger partial charge in [-0.05, 0) is 49.3 Å². The molecule has 0 fully saturated rings. The van der Waals surface area contributed by atoms with Gasteiger partial charge < -0.3 is 10.5 Å². The standard InChI is InChI=1S/C17H25NO2/c1-17(2,10-11-18)9-8-15(19)14-7-3-5-13-6-4-12-20-16(13)14/h3,5,7H,4,6,8-12,18H2,1-2H3. The number of aryl methyl sites for hydroxylation is 1. The van der Waals surface area contributed by atoms with Gasteiger partial charge in [0.15, 0.2) is 5.78 Å². The van der Waals surface area contributed by atoms with E-state index in [0.29, 0.717) is 13.0 Å². The molecule has 3 nitrogen and oxygen atoms in total. The van der Waals surface area contributed by atoms with Crippen LogP contribution in [0.15, 0.2) is 18.2 Å². The molecule has 1 aliphatic heterocycles. The van der Waals surface area contributed by atoms with Gasteiger partial charge in [-0.15, -0.1) is 0 Å². The van der Waals surface area contributed by atoms with Gasteiger partial charge in [0, 0.05) is 6.42 Å². The van der Waals surface area contributed by atoms with Crippen molar-refractivity contribution in [1.82, 2.24) is 0 Å². The first-order valence-electron chi connectivity index (χ1n) is 7.51. The molecule has 0 spiro atoms. The second-order valence-corrected chi connectivity index (χ2v) is 6.37. The predicted octanol–water partition coefficient (Wildman–Crippen LogP) is 3.35. The third-order valence-corrected chi connectivity index (χ3v) is 4.08. The van der Waals surface area contributed by atoms with Gasteiger partial charge in [0.25, 0.3) is 0 Å². The molecule has 0 aliphatic carbocycles. The summed E-state index contributed by atoms with van der Waals surface area (Å²) in [7, 11) is 0. The average molecular weight is 275 g/mol. The first kappa shape index (κ1) is 15.0. The highest BCUT2D eigenvalue weighted by Crippen LogP contribution is 2.32. The minimum atomic E-state index is 0.125. The van der Waals surface area contributed by atoms with E-state index in [4.69, 9.17) is 10.5 Å². The Morgan fingerprint density at radius 1 is 1.35 bits per heavy atom. The highest BCUT2D eigenvalue weighted by molar-refractivity contribution is 5.99. The summed E-state index contributed by atoms with van der Waals surface area (Å²) in [5.41, 5.74) is 7.67. The number of fused-ring (bicyclic) bond motifs is 1. The van der Waals surface area contributed by atoms with Crippen LogP contribution in [0.2, 0.25) is 0 Å². The SMILES string of the molecule is CC(C)(CCN)CCC(=O)c1cccc2c1OCCC2. The molecule has 0 saturated heterocycles. The zero-order valence-electron chi connectivity index (χ0n) is 12.6. The Hall–Kier alpha value is -1.35. The smallest absolute Gasteiger partial charge is 0.166 e. The highest BCUT2D eigenvalue weighted by Gasteiger charge is 2.22. The van der Waals surface area contributed by atoms with E-state index in [9.17, 15) is 4.79 Å². The van der Waals surface area contributed by atoms with Gasteiger partial charge in [0.1, 0.15) is 5.75 Å². The third kappa shape index (κ3) is 3.60. The van der Waals surface area contributed by atoms with Crippen molar-refractivity contribution in [2.75, 3.05) is 13.2 Å². The minimum Gasteiger partial charge on any atom is -0.493 e. The Morgan fingerprint density at radius 2 is 2.15 bits per heavy atom. The summed E-state index contributed by atoms with van der Waals surface area (Å²) < 4.78 is 5.71. The van der Waals surface area contributed by atoms with Crippen LogP contribution in [0.3, 0.4) is 0 Å². The van der Waals surface area contributed by atoms with E-state index >= 15 is 0 Å². The van der Waals surface area contributed by atoms with Crippen LogP contribution in [0, 0.1) is 5.41 Å². The number of ketones is 1. The maximum atomic E-state index is 12.5. The molecule has 110 valence electrons. The summed E-state index contributed by atoms with van der Waals surface area (Å²) in [6.45, 7) is 5.73. The van der Waals surface area contributed by atoms with Crippen LogP contribution in [0.1, 0.15) is 55.5 Å². The number of ether oxygens (including phenoxy) is 1. The number of para-hydroxylation sites is 1. The van der Waals surface area contributed by atoms with Gasteiger partial charge in [-0.25, -0.2) is 0 Å². The second kappa shape index (κ2) is 6.40. The molecule has 1 aromatic carbocycles. The van der Waals surface area contributed by atoms with Crippen molar-refractivity contribution >= 4 is 5.78 Å². The van der Waals surface area contributed by atoms with Gasteiger partial charge >= 0.3 is 0 Å². The number of nitrogens with two attached hydrogens (primary N) is 1. The van der Waals surface area contributed by atoms with E-state index in [1.807, 2.05) is 12.1 Å². The zero-order chi connectivity index (χ0) is 14.6.